The average molecular weight is 574 g/mol. The molecule has 9 nitrogen and oxygen atoms in total. The summed E-state index contributed by atoms with van der Waals surface area (Å²) in [5.41, 5.74) is 3.94. The number of hydrogen-bond donors (Lipinski definition) is 0. The van der Waals surface area contributed by atoms with Crippen molar-refractivity contribution in [1.82, 2.24) is 9.97 Å². The molecule has 0 aliphatic rings. The van der Waals surface area contributed by atoms with Crippen LogP contribution in [0.1, 0.15) is 5.56 Å². The molecule has 0 fully saturated rings. The summed E-state index contributed by atoms with van der Waals surface area (Å²) in [7, 11) is 4.01. The zero-order valence-electron chi connectivity index (χ0n) is 20.4. The third-order valence-corrected chi connectivity index (χ3v) is 9.14. The smallest absolute Gasteiger partial charge is 0.231 e. The number of fused-ring (bicyclic) bond motifs is 2. The van der Waals surface area contributed by atoms with Gasteiger partial charge >= 0.3 is 0 Å². The van der Waals surface area contributed by atoms with E-state index in [0.29, 0.717) is 10.3 Å². The molecule has 0 N–H and O–H groups in total. The van der Waals surface area contributed by atoms with Crippen LogP contribution in [-0.2, 0) is 0 Å². The van der Waals surface area contributed by atoms with Gasteiger partial charge in [0.25, 0.3) is 0 Å². The van der Waals surface area contributed by atoms with Gasteiger partial charge < -0.3 is 4.90 Å². The van der Waals surface area contributed by atoms with E-state index in [1.807, 2.05) is 86.6 Å². The monoisotopic (exact) mass is 573 g/mol. The largest absolute Gasteiger partial charge is 0.378 e. The van der Waals surface area contributed by atoms with Gasteiger partial charge in [0.1, 0.15) is 19.7 Å². The number of benzene rings is 2. The molecule has 0 saturated heterocycles. The van der Waals surface area contributed by atoms with E-state index < -0.39 is 0 Å². The van der Waals surface area contributed by atoms with Crippen LogP contribution >= 0.6 is 45.3 Å². The number of thiophene rings is 2. The van der Waals surface area contributed by atoms with E-state index in [2.05, 4.69) is 40.7 Å². The molecule has 4 heterocycles. The van der Waals surface area contributed by atoms with Crippen LogP contribution in [0, 0.1) is 6.92 Å². The quantitative estimate of drug-likeness (QED) is 0.177. The molecular weight excluding hydrogens is 555 g/mol. The summed E-state index contributed by atoms with van der Waals surface area (Å²) >= 11 is 5.88. The lowest BCUT2D eigenvalue weighted by Crippen LogP contribution is -2.07. The van der Waals surface area contributed by atoms with E-state index in [1.165, 1.54) is 50.9 Å². The van der Waals surface area contributed by atoms with Gasteiger partial charge in [0.2, 0.25) is 10.3 Å². The van der Waals surface area contributed by atoms with Gasteiger partial charge in [-0.2, -0.15) is 0 Å². The Morgan fingerprint density at radius 2 is 1.05 bits per heavy atom. The topological polar surface area (TPSA) is 103 Å². The number of rotatable bonds is 7. The minimum Gasteiger partial charge on any atom is -0.378 e. The fourth-order valence-corrected chi connectivity index (χ4v) is 7.03. The van der Waals surface area contributed by atoms with E-state index in [4.69, 9.17) is 0 Å². The lowest BCUT2D eigenvalue weighted by molar-refractivity contribution is 1.13. The minimum absolute atomic E-state index is 0.583. The summed E-state index contributed by atoms with van der Waals surface area (Å²) in [6, 6.07) is 19.8. The zero-order chi connectivity index (χ0) is 26.1. The Labute approximate surface area is 233 Å². The standard InChI is InChI=1S/C25H19N9S4/c1-14-4-6-15(7-5-14)28-30-20-12-18-22(37-20)26-24(35-18)32-33-25-27-23-19(36-25)13-21(38-23)31-29-16-8-10-17(11-9-16)34(2)3/h4-13H,1-3H3. The fourth-order valence-electron chi connectivity index (χ4n) is 3.34. The molecule has 13 heteroatoms. The predicted octanol–water partition coefficient (Wildman–Crippen LogP) is 10.6. The van der Waals surface area contributed by atoms with Crippen molar-refractivity contribution in [1.29, 1.82) is 0 Å². The molecule has 6 aromatic rings. The number of azo groups is 3. The van der Waals surface area contributed by atoms with Crippen molar-refractivity contribution in [2.75, 3.05) is 19.0 Å². The van der Waals surface area contributed by atoms with E-state index in [1.54, 1.807) is 0 Å². The Morgan fingerprint density at radius 3 is 1.50 bits per heavy atom. The first-order valence-electron chi connectivity index (χ1n) is 11.4. The highest BCUT2D eigenvalue weighted by Crippen LogP contribution is 2.41. The van der Waals surface area contributed by atoms with Gasteiger partial charge in [-0.15, -0.1) is 30.7 Å². The molecular formula is C25H19N9S4. The second-order valence-electron chi connectivity index (χ2n) is 8.35. The third kappa shape index (κ3) is 5.55. The summed E-state index contributed by atoms with van der Waals surface area (Å²) in [5.74, 6) is 0. The molecule has 0 aliphatic heterocycles. The first-order chi connectivity index (χ1) is 18.5. The number of anilines is 1. The van der Waals surface area contributed by atoms with Crippen LogP contribution in [0.5, 0.6) is 0 Å². The number of aryl methyl sites for hydroxylation is 1. The molecule has 2 aromatic carbocycles. The Balaban J connectivity index is 1.11. The van der Waals surface area contributed by atoms with Crippen molar-refractivity contribution in [3.05, 3.63) is 66.2 Å². The van der Waals surface area contributed by atoms with Crippen molar-refractivity contribution < 1.29 is 0 Å². The van der Waals surface area contributed by atoms with Crippen molar-refractivity contribution in [2.45, 2.75) is 6.92 Å². The van der Waals surface area contributed by atoms with Crippen LogP contribution in [0.15, 0.2) is 91.3 Å². The molecule has 0 unspecified atom stereocenters. The summed E-state index contributed by atoms with van der Waals surface area (Å²) in [5, 5.41) is 28.7. The number of nitrogens with zero attached hydrogens (tertiary/aromatic N) is 9. The Kier molecular flexibility index (Phi) is 6.81. The molecule has 0 saturated carbocycles. The molecule has 0 atom stereocenters. The summed E-state index contributed by atoms with van der Waals surface area (Å²) < 4.78 is 2.01. The van der Waals surface area contributed by atoms with Crippen LogP contribution in [-0.4, -0.2) is 24.1 Å². The maximum absolute atomic E-state index is 4.57. The maximum Gasteiger partial charge on any atom is 0.231 e. The summed E-state index contributed by atoms with van der Waals surface area (Å²) in [6.07, 6.45) is 0. The van der Waals surface area contributed by atoms with Crippen LogP contribution < -0.4 is 4.90 Å². The second-order valence-corrected chi connectivity index (χ2v) is 12.4. The molecule has 0 bridgehead atoms. The molecule has 0 radical (unpaired) electrons. The van der Waals surface area contributed by atoms with Gasteiger partial charge in [-0.1, -0.05) is 63.0 Å². The highest BCUT2D eigenvalue weighted by atomic mass is 32.1. The molecule has 4 aromatic heterocycles. The minimum atomic E-state index is 0.583. The third-order valence-electron chi connectivity index (χ3n) is 5.28. The van der Waals surface area contributed by atoms with Crippen molar-refractivity contribution in [3.8, 4) is 0 Å². The molecule has 0 aliphatic carbocycles. The lowest BCUT2D eigenvalue weighted by Gasteiger charge is -2.11. The van der Waals surface area contributed by atoms with Gasteiger partial charge in [0, 0.05) is 19.8 Å². The van der Waals surface area contributed by atoms with Crippen LogP contribution in [0.4, 0.5) is 37.3 Å². The van der Waals surface area contributed by atoms with Crippen LogP contribution in [0.3, 0.4) is 0 Å². The number of hydrogen-bond acceptors (Lipinski definition) is 13. The van der Waals surface area contributed by atoms with Crippen molar-refractivity contribution in [3.63, 3.8) is 0 Å². The molecule has 6 rings (SSSR count). The van der Waals surface area contributed by atoms with Gasteiger partial charge in [0.15, 0.2) is 0 Å². The van der Waals surface area contributed by atoms with E-state index in [0.717, 1.165) is 46.1 Å². The summed E-state index contributed by atoms with van der Waals surface area (Å²) in [4.78, 5) is 12.9. The molecule has 38 heavy (non-hydrogen) atoms. The number of aromatic nitrogens is 2. The normalized spacial score (nSPS) is 12.3. The SMILES string of the molecule is Cc1ccc(N=Nc2cc3sc(N=Nc4nc5sc(N=Nc6ccc(N(C)C)cc6)cc5s4)nc3s2)cc1. The Morgan fingerprint density at radius 1 is 0.579 bits per heavy atom. The summed E-state index contributed by atoms with van der Waals surface area (Å²) in [6.45, 7) is 2.05. The van der Waals surface area contributed by atoms with E-state index >= 15 is 0 Å². The van der Waals surface area contributed by atoms with Crippen molar-refractivity contribution >= 4 is 102 Å². The maximum atomic E-state index is 4.57. The predicted molar refractivity (Wildman–Crippen MR) is 159 cm³/mol. The average Bonchev–Trinajstić information content (AvgIpc) is 3.65. The van der Waals surface area contributed by atoms with Crippen LogP contribution in [0.25, 0.3) is 19.1 Å². The Bertz CT molecular complexity index is 1740. The van der Waals surface area contributed by atoms with Gasteiger partial charge in [-0.25, -0.2) is 9.97 Å². The fraction of sp³-hybridized carbons (Fsp3) is 0.120. The highest BCUT2D eigenvalue weighted by molar-refractivity contribution is 7.31. The first kappa shape index (κ1) is 24.6. The molecule has 0 amide bonds. The first-order valence-corrected chi connectivity index (χ1v) is 14.7. The second kappa shape index (κ2) is 10.5. The molecule has 188 valence electrons. The van der Waals surface area contributed by atoms with Crippen molar-refractivity contribution in [2.24, 2.45) is 30.7 Å². The van der Waals surface area contributed by atoms with E-state index in [9.17, 15) is 0 Å². The van der Waals surface area contributed by atoms with E-state index in [-0.39, 0.29) is 0 Å². The Hall–Kier alpha value is -3.78. The number of thiazole rings is 2. The van der Waals surface area contributed by atoms with Crippen LogP contribution in [0.2, 0.25) is 0 Å². The zero-order valence-corrected chi connectivity index (χ0v) is 23.7. The van der Waals surface area contributed by atoms with Gasteiger partial charge in [0.05, 0.1) is 20.8 Å². The van der Waals surface area contributed by atoms with Gasteiger partial charge in [-0.3, -0.25) is 0 Å². The van der Waals surface area contributed by atoms with Gasteiger partial charge in [-0.05, 0) is 55.5 Å². The molecule has 0 spiro atoms. The highest BCUT2D eigenvalue weighted by Gasteiger charge is 2.11. The lowest BCUT2D eigenvalue weighted by atomic mass is 10.2.